The second kappa shape index (κ2) is 8.10. The lowest BCUT2D eigenvalue weighted by Crippen LogP contribution is -2.32. The van der Waals surface area contributed by atoms with E-state index < -0.39 is 0 Å². The second-order valence-corrected chi connectivity index (χ2v) is 6.74. The van der Waals surface area contributed by atoms with Gasteiger partial charge in [-0.2, -0.15) is 0 Å². The van der Waals surface area contributed by atoms with E-state index in [9.17, 15) is 4.79 Å². The molecule has 5 nitrogen and oxygen atoms in total. The van der Waals surface area contributed by atoms with E-state index >= 15 is 0 Å². The lowest BCUT2D eigenvalue weighted by Gasteiger charge is -2.16. The summed E-state index contributed by atoms with van der Waals surface area (Å²) in [4.78, 5) is 21.7. The number of carbonyl (C=O) groups excluding carboxylic acids is 1. The third kappa shape index (κ3) is 4.56. The summed E-state index contributed by atoms with van der Waals surface area (Å²) in [5, 5.41) is 6.47. The molecule has 1 aromatic carbocycles. The highest BCUT2D eigenvalue weighted by Crippen LogP contribution is 2.23. The van der Waals surface area contributed by atoms with E-state index in [2.05, 4.69) is 20.6 Å². The smallest absolute Gasteiger partial charge is 0.270 e. The van der Waals surface area contributed by atoms with E-state index in [0.717, 1.165) is 30.6 Å². The van der Waals surface area contributed by atoms with Crippen molar-refractivity contribution in [2.75, 3.05) is 5.32 Å². The van der Waals surface area contributed by atoms with Crippen LogP contribution in [0.1, 0.15) is 56.4 Å². The SMILES string of the molecule is CCC(C)NC(=O)c1cc(NC2CCCC2)nc(-c2ccccc2)n1. The van der Waals surface area contributed by atoms with Crippen LogP contribution in [-0.4, -0.2) is 28.0 Å². The van der Waals surface area contributed by atoms with Crippen LogP contribution in [0.3, 0.4) is 0 Å². The number of anilines is 1. The molecule has 0 saturated heterocycles. The van der Waals surface area contributed by atoms with E-state index in [1.54, 1.807) is 6.07 Å². The predicted molar refractivity (Wildman–Crippen MR) is 101 cm³/mol. The van der Waals surface area contributed by atoms with Crippen LogP contribution in [0.5, 0.6) is 0 Å². The van der Waals surface area contributed by atoms with Gasteiger partial charge < -0.3 is 10.6 Å². The summed E-state index contributed by atoms with van der Waals surface area (Å²) in [7, 11) is 0. The molecular weight excluding hydrogens is 312 g/mol. The summed E-state index contributed by atoms with van der Waals surface area (Å²) in [5.74, 6) is 1.16. The van der Waals surface area contributed by atoms with Gasteiger partial charge in [-0.25, -0.2) is 9.97 Å². The maximum absolute atomic E-state index is 12.6. The molecule has 1 unspecified atom stereocenters. The number of nitrogens with one attached hydrogen (secondary N) is 2. The Morgan fingerprint density at radius 1 is 1.20 bits per heavy atom. The first-order chi connectivity index (χ1) is 12.2. The highest BCUT2D eigenvalue weighted by Gasteiger charge is 2.18. The minimum Gasteiger partial charge on any atom is -0.367 e. The quantitative estimate of drug-likeness (QED) is 0.834. The Morgan fingerprint density at radius 2 is 1.92 bits per heavy atom. The molecule has 3 rings (SSSR count). The Hall–Kier alpha value is -2.43. The Balaban J connectivity index is 1.91. The van der Waals surface area contributed by atoms with Crippen molar-refractivity contribution in [3.8, 4) is 11.4 Å². The summed E-state index contributed by atoms with van der Waals surface area (Å²) in [6, 6.07) is 12.1. The number of benzene rings is 1. The van der Waals surface area contributed by atoms with Crippen molar-refractivity contribution in [2.24, 2.45) is 0 Å². The highest BCUT2D eigenvalue weighted by atomic mass is 16.1. The van der Waals surface area contributed by atoms with Gasteiger partial charge in [-0.3, -0.25) is 4.79 Å². The molecule has 0 aliphatic heterocycles. The van der Waals surface area contributed by atoms with Gasteiger partial charge in [0.25, 0.3) is 5.91 Å². The molecule has 2 N–H and O–H groups in total. The first-order valence-electron chi connectivity index (χ1n) is 9.17. The molecule has 1 saturated carbocycles. The average molecular weight is 338 g/mol. The molecule has 25 heavy (non-hydrogen) atoms. The first kappa shape index (κ1) is 17.4. The highest BCUT2D eigenvalue weighted by molar-refractivity contribution is 5.93. The third-order valence-corrected chi connectivity index (χ3v) is 4.69. The lowest BCUT2D eigenvalue weighted by atomic mass is 10.2. The fourth-order valence-corrected chi connectivity index (χ4v) is 3.03. The molecule has 2 aromatic rings. The second-order valence-electron chi connectivity index (χ2n) is 6.74. The molecule has 0 spiro atoms. The summed E-state index contributed by atoms with van der Waals surface area (Å²) in [6.07, 6.45) is 5.68. The number of nitrogens with zero attached hydrogens (tertiary/aromatic N) is 2. The summed E-state index contributed by atoms with van der Waals surface area (Å²) < 4.78 is 0. The van der Waals surface area contributed by atoms with Crippen LogP contribution in [0.25, 0.3) is 11.4 Å². The Labute approximate surface area is 149 Å². The van der Waals surface area contributed by atoms with E-state index in [0.29, 0.717) is 17.6 Å². The zero-order valence-corrected chi connectivity index (χ0v) is 15.0. The maximum Gasteiger partial charge on any atom is 0.270 e. The zero-order chi connectivity index (χ0) is 17.6. The van der Waals surface area contributed by atoms with Crippen molar-refractivity contribution >= 4 is 11.7 Å². The molecular formula is C20H26N4O. The zero-order valence-electron chi connectivity index (χ0n) is 15.0. The number of hydrogen-bond donors (Lipinski definition) is 2. The number of rotatable bonds is 6. The number of hydrogen-bond acceptors (Lipinski definition) is 4. The molecule has 1 aliphatic carbocycles. The van der Waals surface area contributed by atoms with E-state index in [1.165, 1.54) is 12.8 Å². The Bertz CT molecular complexity index is 711. The van der Waals surface area contributed by atoms with Crippen LogP contribution in [0.2, 0.25) is 0 Å². The van der Waals surface area contributed by atoms with Crippen LogP contribution >= 0.6 is 0 Å². The van der Waals surface area contributed by atoms with Crippen molar-refractivity contribution < 1.29 is 4.79 Å². The minimum absolute atomic E-state index is 0.119. The molecule has 1 heterocycles. The van der Waals surface area contributed by atoms with Gasteiger partial charge in [0.2, 0.25) is 0 Å². The van der Waals surface area contributed by atoms with Crippen LogP contribution < -0.4 is 10.6 Å². The lowest BCUT2D eigenvalue weighted by molar-refractivity contribution is 0.0934. The monoisotopic (exact) mass is 338 g/mol. The fraction of sp³-hybridized carbons (Fsp3) is 0.450. The van der Waals surface area contributed by atoms with Crippen molar-refractivity contribution in [3.05, 3.63) is 42.1 Å². The van der Waals surface area contributed by atoms with Gasteiger partial charge in [-0.05, 0) is 26.2 Å². The summed E-state index contributed by atoms with van der Waals surface area (Å²) in [5.41, 5.74) is 1.32. The van der Waals surface area contributed by atoms with Crippen LogP contribution in [0.15, 0.2) is 36.4 Å². The maximum atomic E-state index is 12.6. The molecule has 0 bridgehead atoms. The number of amides is 1. The van der Waals surface area contributed by atoms with Gasteiger partial charge in [-0.15, -0.1) is 0 Å². The molecule has 1 amide bonds. The molecule has 1 atom stereocenters. The fourth-order valence-electron chi connectivity index (χ4n) is 3.03. The summed E-state index contributed by atoms with van der Waals surface area (Å²) in [6.45, 7) is 4.04. The molecule has 0 radical (unpaired) electrons. The van der Waals surface area contributed by atoms with E-state index in [-0.39, 0.29) is 11.9 Å². The largest absolute Gasteiger partial charge is 0.367 e. The number of aromatic nitrogens is 2. The molecule has 132 valence electrons. The van der Waals surface area contributed by atoms with Gasteiger partial charge >= 0.3 is 0 Å². The van der Waals surface area contributed by atoms with Gasteiger partial charge in [0.15, 0.2) is 5.82 Å². The third-order valence-electron chi connectivity index (χ3n) is 4.69. The van der Waals surface area contributed by atoms with Gasteiger partial charge in [0.05, 0.1) is 0 Å². The van der Waals surface area contributed by atoms with Gasteiger partial charge in [-0.1, -0.05) is 50.1 Å². The van der Waals surface area contributed by atoms with Gasteiger partial charge in [0, 0.05) is 23.7 Å². The standard InChI is InChI=1S/C20H26N4O/c1-3-14(2)21-20(25)17-13-18(22-16-11-7-8-12-16)24-19(23-17)15-9-5-4-6-10-15/h4-6,9-10,13-14,16H,3,7-8,11-12H2,1-2H3,(H,21,25)(H,22,23,24). The van der Waals surface area contributed by atoms with Crippen LogP contribution in [0.4, 0.5) is 5.82 Å². The Kier molecular flexibility index (Phi) is 5.64. The van der Waals surface area contributed by atoms with Crippen molar-refractivity contribution in [1.82, 2.24) is 15.3 Å². The van der Waals surface area contributed by atoms with Crippen LogP contribution in [0, 0.1) is 0 Å². The normalized spacial score (nSPS) is 15.8. The topological polar surface area (TPSA) is 66.9 Å². The van der Waals surface area contributed by atoms with E-state index in [4.69, 9.17) is 0 Å². The first-order valence-corrected chi connectivity index (χ1v) is 9.17. The predicted octanol–water partition coefficient (Wildman–Crippen LogP) is 4.03. The van der Waals surface area contributed by atoms with E-state index in [1.807, 2.05) is 44.2 Å². The van der Waals surface area contributed by atoms with Gasteiger partial charge in [0.1, 0.15) is 11.5 Å². The van der Waals surface area contributed by atoms with Crippen molar-refractivity contribution in [1.29, 1.82) is 0 Å². The van der Waals surface area contributed by atoms with Crippen molar-refractivity contribution in [2.45, 2.75) is 58.0 Å². The minimum atomic E-state index is -0.150. The Morgan fingerprint density at radius 3 is 2.60 bits per heavy atom. The average Bonchev–Trinajstić information content (AvgIpc) is 3.15. The number of carbonyl (C=O) groups is 1. The summed E-state index contributed by atoms with van der Waals surface area (Å²) >= 11 is 0. The molecule has 1 fully saturated rings. The van der Waals surface area contributed by atoms with Crippen molar-refractivity contribution in [3.63, 3.8) is 0 Å². The molecule has 1 aromatic heterocycles. The van der Waals surface area contributed by atoms with Crippen LogP contribution in [-0.2, 0) is 0 Å². The molecule has 1 aliphatic rings. The molecule has 5 heteroatoms.